The maximum atomic E-state index is 12.2. The van der Waals surface area contributed by atoms with Crippen LogP contribution in [0.4, 0.5) is 0 Å². The molecule has 1 unspecified atom stereocenters. The highest BCUT2D eigenvalue weighted by Crippen LogP contribution is 2.13. The van der Waals surface area contributed by atoms with E-state index in [4.69, 9.17) is 9.47 Å². The maximum absolute atomic E-state index is 12.2. The topological polar surface area (TPSA) is 87.2 Å². The van der Waals surface area contributed by atoms with Gasteiger partial charge in [0, 0.05) is 51.4 Å². The van der Waals surface area contributed by atoms with Crippen molar-refractivity contribution in [3.63, 3.8) is 0 Å². The number of carbonyl (C=O) groups excluding carboxylic acids is 1. The van der Waals surface area contributed by atoms with Crippen LogP contribution in [0.2, 0.25) is 0 Å². The summed E-state index contributed by atoms with van der Waals surface area (Å²) in [6.07, 6.45) is 1.13. The third kappa shape index (κ3) is 8.20. The molecule has 0 spiro atoms. The van der Waals surface area contributed by atoms with E-state index >= 15 is 0 Å². The van der Waals surface area contributed by atoms with E-state index in [9.17, 15) is 4.79 Å². The van der Waals surface area contributed by atoms with Gasteiger partial charge in [0.2, 0.25) is 0 Å². The van der Waals surface area contributed by atoms with E-state index in [0.717, 1.165) is 51.0 Å². The molecule has 1 atom stereocenters. The van der Waals surface area contributed by atoms with Gasteiger partial charge in [-0.3, -0.25) is 14.7 Å². The van der Waals surface area contributed by atoms with Gasteiger partial charge in [-0.15, -0.1) is 0 Å². The van der Waals surface area contributed by atoms with Crippen LogP contribution in [0.15, 0.2) is 29.3 Å². The van der Waals surface area contributed by atoms with Crippen molar-refractivity contribution in [1.29, 1.82) is 0 Å². The lowest BCUT2D eigenvalue weighted by Crippen LogP contribution is -2.51. The Morgan fingerprint density at radius 1 is 1.13 bits per heavy atom. The predicted octanol–water partition coefficient (Wildman–Crippen LogP) is 1.34. The molecular formula is C22H37N5O3. The Bertz CT molecular complexity index is 657. The Morgan fingerprint density at radius 2 is 1.80 bits per heavy atom. The fourth-order valence-corrected chi connectivity index (χ4v) is 3.48. The molecule has 0 aromatic heterocycles. The van der Waals surface area contributed by atoms with E-state index in [2.05, 4.69) is 39.7 Å². The first kappa shape index (κ1) is 24.0. The van der Waals surface area contributed by atoms with Crippen LogP contribution >= 0.6 is 0 Å². The highest BCUT2D eigenvalue weighted by molar-refractivity contribution is 5.94. The molecule has 0 saturated carbocycles. The van der Waals surface area contributed by atoms with Crippen LogP contribution in [0.25, 0.3) is 0 Å². The Balaban J connectivity index is 1.72. The van der Waals surface area contributed by atoms with Gasteiger partial charge >= 0.3 is 0 Å². The van der Waals surface area contributed by atoms with Gasteiger partial charge in [-0.25, -0.2) is 0 Å². The number of guanidine groups is 1. The molecule has 1 fully saturated rings. The molecule has 1 aromatic carbocycles. The Hall–Kier alpha value is -2.32. The van der Waals surface area contributed by atoms with E-state index in [0.29, 0.717) is 30.6 Å². The summed E-state index contributed by atoms with van der Waals surface area (Å²) in [6, 6.07) is 7.51. The summed E-state index contributed by atoms with van der Waals surface area (Å²) in [7, 11) is 3.37. The number of hydrogen-bond donors (Lipinski definition) is 3. The SMILES string of the molecule is CN=C(NCCNC(=O)c1ccc(OC)cc1)NCC(CC(C)C)N1CCOCC1. The standard InChI is InChI=1S/C22H37N5O3/c1-17(2)15-19(27-11-13-30-14-12-27)16-26-22(23-3)25-10-9-24-21(28)18-5-7-20(29-4)8-6-18/h5-8,17,19H,9-16H2,1-4H3,(H,24,28)(H2,23,25,26). The third-order valence-electron chi connectivity index (χ3n) is 5.09. The Labute approximate surface area is 180 Å². The number of hydrogen-bond acceptors (Lipinski definition) is 5. The highest BCUT2D eigenvalue weighted by atomic mass is 16.5. The van der Waals surface area contributed by atoms with E-state index < -0.39 is 0 Å². The molecule has 3 N–H and O–H groups in total. The van der Waals surface area contributed by atoms with Crippen molar-refractivity contribution in [3.8, 4) is 5.75 Å². The minimum absolute atomic E-state index is 0.105. The summed E-state index contributed by atoms with van der Waals surface area (Å²) in [5, 5.41) is 9.61. The molecule has 8 heteroatoms. The van der Waals surface area contributed by atoms with Crippen LogP contribution in [-0.2, 0) is 4.74 Å². The second kappa shape index (κ2) is 13.1. The molecule has 168 valence electrons. The molecule has 1 saturated heterocycles. The molecule has 1 heterocycles. The van der Waals surface area contributed by atoms with Crippen molar-refractivity contribution in [3.05, 3.63) is 29.8 Å². The second-order valence-electron chi connectivity index (χ2n) is 7.80. The van der Waals surface area contributed by atoms with Crippen molar-refractivity contribution in [2.75, 3.05) is 60.1 Å². The molecule has 0 bridgehead atoms. The molecular weight excluding hydrogens is 382 g/mol. The van der Waals surface area contributed by atoms with Gasteiger partial charge in [-0.1, -0.05) is 13.8 Å². The summed E-state index contributed by atoms with van der Waals surface area (Å²) < 4.78 is 10.6. The summed E-state index contributed by atoms with van der Waals surface area (Å²) in [4.78, 5) is 19.0. The Kier molecular flexibility index (Phi) is 10.4. The van der Waals surface area contributed by atoms with Crippen LogP contribution in [-0.4, -0.2) is 82.9 Å². The predicted molar refractivity (Wildman–Crippen MR) is 120 cm³/mol. The zero-order chi connectivity index (χ0) is 21.8. The molecule has 1 aliphatic heterocycles. The highest BCUT2D eigenvalue weighted by Gasteiger charge is 2.22. The lowest BCUT2D eigenvalue weighted by Gasteiger charge is -2.35. The number of ether oxygens (including phenoxy) is 2. The van der Waals surface area contributed by atoms with Crippen molar-refractivity contribution < 1.29 is 14.3 Å². The number of carbonyl (C=O) groups is 1. The molecule has 0 radical (unpaired) electrons. The summed E-state index contributed by atoms with van der Waals surface area (Å²) in [6.45, 7) is 9.99. The van der Waals surface area contributed by atoms with Gasteiger partial charge in [0.25, 0.3) is 5.91 Å². The number of rotatable bonds is 10. The van der Waals surface area contributed by atoms with Crippen molar-refractivity contribution in [2.45, 2.75) is 26.3 Å². The first-order chi connectivity index (χ1) is 14.5. The van der Waals surface area contributed by atoms with Crippen molar-refractivity contribution in [2.24, 2.45) is 10.9 Å². The van der Waals surface area contributed by atoms with Crippen molar-refractivity contribution >= 4 is 11.9 Å². The number of nitrogens with zero attached hydrogens (tertiary/aromatic N) is 2. The zero-order valence-electron chi connectivity index (χ0n) is 18.7. The number of nitrogens with one attached hydrogen (secondary N) is 3. The van der Waals surface area contributed by atoms with Crippen molar-refractivity contribution in [1.82, 2.24) is 20.9 Å². The van der Waals surface area contributed by atoms with Gasteiger partial charge in [0.05, 0.1) is 20.3 Å². The smallest absolute Gasteiger partial charge is 0.251 e. The lowest BCUT2D eigenvalue weighted by atomic mass is 10.0. The largest absolute Gasteiger partial charge is 0.497 e. The van der Waals surface area contributed by atoms with Crippen LogP contribution in [0.3, 0.4) is 0 Å². The fourth-order valence-electron chi connectivity index (χ4n) is 3.48. The lowest BCUT2D eigenvalue weighted by molar-refractivity contribution is 0.0132. The minimum atomic E-state index is -0.105. The maximum Gasteiger partial charge on any atom is 0.251 e. The summed E-state index contributed by atoms with van der Waals surface area (Å²) in [5.74, 6) is 2.00. The van der Waals surface area contributed by atoms with Crippen LogP contribution in [0.1, 0.15) is 30.6 Å². The summed E-state index contributed by atoms with van der Waals surface area (Å²) >= 11 is 0. The average molecular weight is 420 g/mol. The van der Waals surface area contributed by atoms with E-state index in [1.54, 1.807) is 38.4 Å². The molecule has 30 heavy (non-hydrogen) atoms. The molecule has 1 aromatic rings. The second-order valence-corrected chi connectivity index (χ2v) is 7.80. The molecule has 2 rings (SSSR count). The number of methoxy groups -OCH3 is 1. The molecule has 0 aliphatic carbocycles. The monoisotopic (exact) mass is 419 g/mol. The minimum Gasteiger partial charge on any atom is -0.497 e. The van der Waals surface area contributed by atoms with E-state index in [1.165, 1.54) is 0 Å². The average Bonchev–Trinajstić information content (AvgIpc) is 2.78. The molecule has 1 amide bonds. The number of morpholine rings is 1. The number of amides is 1. The normalized spacial score (nSPS) is 16.2. The van der Waals surface area contributed by atoms with Crippen LogP contribution in [0, 0.1) is 5.92 Å². The van der Waals surface area contributed by atoms with Gasteiger partial charge in [-0.05, 0) is 36.6 Å². The van der Waals surface area contributed by atoms with Gasteiger partial charge in [0.1, 0.15) is 5.75 Å². The number of benzene rings is 1. The molecule has 1 aliphatic rings. The van der Waals surface area contributed by atoms with E-state index in [1.807, 2.05) is 0 Å². The van der Waals surface area contributed by atoms with Gasteiger partial charge in [-0.2, -0.15) is 0 Å². The van der Waals surface area contributed by atoms with E-state index in [-0.39, 0.29) is 5.91 Å². The number of aliphatic imine (C=N–C) groups is 1. The van der Waals surface area contributed by atoms with Gasteiger partial charge in [0.15, 0.2) is 5.96 Å². The zero-order valence-corrected chi connectivity index (χ0v) is 18.7. The Morgan fingerprint density at radius 3 is 2.40 bits per heavy atom. The third-order valence-corrected chi connectivity index (χ3v) is 5.09. The quantitative estimate of drug-likeness (QED) is 0.301. The fraction of sp³-hybridized carbons (Fsp3) is 0.636. The van der Waals surface area contributed by atoms with Crippen LogP contribution < -0.4 is 20.7 Å². The molecule has 8 nitrogen and oxygen atoms in total. The van der Waals surface area contributed by atoms with Gasteiger partial charge < -0.3 is 25.4 Å². The first-order valence-electron chi connectivity index (χ1n) is 10.7. The summed E-state index contributed by atoms with van der Waals surface area (Å²) in [5.41, 5.74) is 0.611. The first-order valence-corrected chi connectivity index (χ1v) is 10.7. The van der Waals surface area contributed by atoms with Crippen LogP contribution in [0.5, 0.6) is 5.75 Å².